The van der Waals surface area contributed by atoms with Gasteiger partial charge in [-0.3, -0.25) is 4.79 Å². The van der Waals surface area contributed by atoms with Crippen molar-refractivity contribution in [2.45, 2.75) is 33.6 Å². The number of carbonyl (C=O) groups is 2. The van der Waals surface area contributed by atoms with Crippen molar-refractivity contribution in [2.24, 2.45) is 0 Å². The van der Waals surface area contributed by atoms with Crippen LogP contribution in [0.5, 0.6) is 0 Å². The molecule has 0 saturated heterocycles. The topological polar surface area (TPSA) is 95.7 Å². The van der Waals surface area contributed by atoms with E-state index in [9.17, 15) is 14.0 Å². The Morgan fingerprint density at radius 3 is 2.34 bits per heavy atom. The molecule has 0 aliphatic rings. The lowest BCUT2D eigenvalue weighted by atomic mass is 10.0. The fourth-order valence-electron chi connectivity index (χ4n) is 3.01. The highest BCUT2D eigenvalue weighted by Gasteiger charge is 2.25. The molecule has 3 aromatic rings. The first-order valence-corrected chi connectivity index (χ1v) is 9.35. The lowest BCUT2D eigenvalue weighted by Crippen LogP contribution is -2.20. The first kappa shape index (κ1) is 20.4. The average molecular weight is 400 g/mol. The van der Waals surface area contributed by atoms with Gasteiger partial charge in [0.2, 0.25) is 0 Å². The number of rotatable bonds is 7. The van der Waals surface area contributed by atoms with E-state index in [1.165, 1.54) is 16.6 Å². The Balaban J connectivity index is 2.24. The molecule has 0 radical (unpaired) electrons. The molecule has 0 bridgehead atoms. The van der Waals surface area contributed by atoms with Gasteiger partial charge in [0.05, 0.1) is 36.6 Å². The Morgan fingerprint density at radius 1 is 1.03 bits per heavy atom. The summed E-state index contributed by atoms with van der Waals surface area (Å²) < 4.78 is 24.9. The summed E-state index contributed by atoms with van der Waals surface area (Å²) in [5, 5.41) is 12.7. The summed E-state index contributed by atoms with van der Waals surface area (Å²) in [6.45, 7) is 5.64. The molecule has 2 aromatic heterocycles. The van der Waals surface area contributed by atoms with Crippen molar-refractivity contribution in [2.75, 3.05) is 13.2 Å². The summed E-state index contributed by atoms with van der Waals surface area (Å²) in [7, 11) is 0. The molecule has 0 unspecified atom stereocenters. The highest BCUT2D eigenvalue weighted by molar-refractivity contribution is 5.91. The highest BCUT2D eigenvalue weighted by atomic mass is 19.1. The van der Waals surface area contributed by atoms with Gasteiger partial charge in [0.15, 0.2) is 11.3 Å². The molecule has 0 aliphatic carbocycles. The van der Waals surface area contributed by atoms with Crippen molar-refractivity contribution < 1.29 is 23.5 Å². The number of nitrogens with zero attached hydrogens (tertiary/aromatic N) is 4. The van der Waals surface area contributed by atoms with E-state index in [1.807, 2.05) is 6.92 Å². The number of esters is 2. The molecule has 1 aromatic carbocycles. The zero-order valence-electron chi connectivity index (χ0n) is 16.4. The van der Waals surface area contributed by atoms with Gasteiger partial charge < -0.3 is 9.47 Å². The molecule has 29 heavy (non-hydrogen) atoms. The van der Waals surface area contributed by atoms with E-state index in [-0.39, 0.29) is 36.8 Å². The first-order valence-electron chi connectivity index (χ1n) is 9.35. The average Bonchev–Trinajstić information content (AvgIpc) is 3.08. The van der Waals surface area contributed by atoms with Gasteiger partial charge in [0.1, 0.15) is 5.82 Å². The quantitative estimate of drug-likeness (QED) is 0.563. The van der Waals surface area contributed by atoms with Crippen LogP contribution in [0.1, 0.15) is 42.6 Å². The van der Waals surface area contributed by atoms with Crippen LogP contribution >= 0.6 is 0 Å². The third-order valence-electron chi connectivity index (χ3n) is 4.26. The number of aryl methyl sites for hydroxylation is 1. The van der Waals surface area contributed by atoms with E-state index in [4.69, 9.17) is 9.47 Å². The predicted molar refractivity (Wildman–Crippen MR) is 102 cm³/mol. The Kier molecular flexibility index (Phi) is 6.16. The van der Waals surface area contributed by atoms with Crippen molar-refractivity contribution in [3.05, 3.63) is 47.2 Å². The van der Waals surface area contributed by atoms with E-state index < -0.39 is 11.9 Å². The summed E-state index contributed by atoms with van der Waals surface area (Å²) in [6.07, 6.45) is 0.339. The number of ether oxygens (including phenoxy) is 2. The van der Waals surface area contributed by atoms with Crippen molar-refractivity contribution in [1.29, 1.82) is 0 Å². The Hall–Kier alpha value is -3.36. The third kappa shape index (κ3) is 4.08. The van der Waals surface area contributed by atoms with E-state index in [2.05, 4.69) is 15.3 Å². The predicted octanol–water partition coefficient (Wildman–Crippen LogP) is 2.78. The van der Waals surface area contributed by atoms with E-state index >= 15 is 0 Å². The number of hydrogen-bond donors (Lipinski definition) is 0. The minimum absolute atomic E-state index is 0.0942. The van der Waals surface area contributed by atoms with Crippen LogP contribution in [0.3, 0.4) is 0 Å². The van der Waals surface area contributed by atoms with Gasteiger partial charge >= 0.3 is 11.9 Å². The highest BCUT2D eigenvalue weighted by Crippen LogP contribution is 2.29. The van der Waals surface area contributed by atoms with Crippen molar-refractivity contribution in [1.82, 2.24) is 19.8 Å². The summed E-state index contributed by atoms with van der Waals surface area (Å²) >= 11 is 0. The van der Waals surface area contributed by atoms with Crippen molar-refractivity contribution in [3.63, 3.8) is 0 Å². The molecule has 0 spiro atoms. The van der Waals surface area contributed by atoms with Gasteiger partial charge in [-0.1, -0.05) is 19.1 Å². The molecule has 0 aliphatic heterocycles. The molecule has 152 valence electrons. The van der Waals surface area contributed by atoms with Crippen LogP contribution < -0.4 is 0 Å². The van der Waals surface area contributed by atoms with Gasteiger partial charge in [-0.2, -0.15) is 5.10 Å². The van der Waals surface area contributed by atoms with Gasteiger partial charge in [0.25, 0.3) is 0 Å². The molecule has 9 heteroatoms. The summed E-state index contributed by atoms with van der Waals surface area (Å²) in [5.41, 5.74) is 2.55. The smallest absolute Gasteiger partial charge is 0.360 e. The van der Waals surface area contributed by atoms with Gasteiger partial charge in [-0.15, -0.1) is 10.2 Å². The van der Waals surface area contributed by atoms with Gasteiger partial charge in [-0.25, -0.2) is 13.7 Å². The number of fused-ring (bicyclic) bond motifs is 1. The van der Waals surface area contributed by atoms with E-state index in [1.54, 1.807) is 26.0 Å². The molecule has 2 heterocycles. The van der Waals surface area contributed by atoms with Crippen LogP contribution in [0.25, 0.3) is 16.8 Å². The molecule has 3 rings (SSSR count). The largest absolute Gasteiger partial charge is 0.466 e. The zero-order valence-corrected chi connectivity index (χ0v) is 16.4. The molecular weight excluding hydrogens is 379 g/mol. The third-order valence-corrected chi connectivity index (χ3v) is 4.26. The number of carbonyl (C=O) groups excluding carboxylic acids is 2. The number of hydrogen-bond acceptors (Lipinski definition) is 7. The van der Waals surface area contributed by atoms with Gasteiger partial charge in [-0.05, 0) is 38.0 Å². The maximum atomic E-state index is 13.4. The van der Waals surface area contributed by atoms with E-state index in [0.717, 1.165) is 0 Å². The van der Waals surface area contributed by atoms with Crippen LogP contribution in [0.15, 0.2) is 24.3 Å². The molecule has 0 N–H and O–H groups in total. The summed E-state index contributed by atoms with van der Waals surface area (Å²) in [4.78, 5) is 24.5. The fourth-order valence-corrected chi connectivity index (χ4v) is 3.01. The summed E-state index contributed by atoms with van der Waals surface area (Å²) in [5.74, 6) is -1.58. The van der Waals surface area contributed by atoms with Crippen LogP contribution in [0.4, 0.5) is 4.39 Å². The second-order valence-electron chi connectivity index (χ2n) is 6.12. The Bertz CT molecular complexity index is 1050. The van der Waals surface area contributed by atoms with Crippen molar-refractivity contribution >= 4 is 17.6 Å². The number of benzene rings is 1. The van der Waals surface area contributed by atoms with Gasteiger partial charge in [0, 0.05) is 0 Å². The lowest BCUT2D eigenvalue weighted by Gasteiger charge is -2.09. The zero-order chi connectivity index (χ0) is 21.0. The molecule has 0 atom stereocenters. The monoisotopic (exact) mass is 400 g/mol. The minimum Gasteiger partial charge on any atom is -0.466 e. The molecule has 0 saturated carbocycles. The van der Waals surface area contributed by atoms with Crippen LogP contribution in [0, 0.1) is 5.82 Å². The number of aromatic nitrogens is 4. The normalized spacial score (nSPS) is 10.9. The van der Waals surface area contributed by atoms with Crippen LogP contribution in [0.2, 0.25) is 0 Å². The number of halogens is 1. The van der Waals surface area contributed by atoms with Crippen molar-refractivity contribution in [3.8, 4) is 11.1 Å². The van der Waals surface area contributed by atoms with E-state index in [0.29, 0.717) is 28.9 Å². The fraction of sp³-hybridized carbons (Fsp3) is 0.350. The summed E-state index contributed by atoms with van der Waals surface area (Å²) in [6, 6.07) is 5.94. The molecule has 8 nitrogen and oxygen atoms in total. The first-order chi connectivity index (χ1) is 14.0. The SMILES string of the molecule is CCOC(=O)Cc1c(C(=O)OCC)nnc2c(-c3ccc(F)cc3)c(CC)nn12. The second kappa shape index (κ2) is 8.76. The molecule has 0 fully saturated rings. The second-order valence-corrected chi connectivity index (χ2v) is 6.12. The molecular formula is C20H21FN4O4. The standard InChI is InChI=1S/C20H21FN4O4/c1-4-14-17(12-7-9-13(21)10-8-12)19-23-22-18(20(27)29-6-3)15(25(19)24-14)11-16(26)28-5-2/h7-10H,4-6,11H2,1-3H3. The van der Waals surface area contributed by atoms with Crippen LogP contribution in [-0.2, 0) is 27.1 Å². The Morgan fingerprint density at radius 2 is 1.72 bits per heavy atom. The maximum absolute atomic E-state index is 13.4. The van der Waals surface area contributed by atoms with Crippen LogP contribution in [-0.4, -0.2) is 45.0 Å². The minimum atomic E-state index is -0.696. The molecule has 0 amide bonds. The Labute approximate surface area is 166 Å². The lowest BCUT2D eigenvalue weighted by molar-refractivity contribution is -0.142. The maximum Gasteiger partial charge on any atom is 0.360 e.